The predicted octanol–water partition coefficient (Wildman–Crippen LogP) is 2.19. The van der Waals surface area contributed by atoms with Crippen LogP contribution in [0.2, 0.25) is 0 Å². The standard InChI is InChI=1S/C10H14N2O2S/c1-4-5-7-11-6(2)8(9(15)12-7)10(13)14-3/h4-5H2,1-3H3,(H,11,12,15). The van der Waals surface area contributed by atoms with Gasteiger partial charge in [0.15, 0.2) is 0 Å². The molecule has 4 nitrogen and oxygen atoms in total. The van der Waals surface area contributed by atoms with Gasteiger partial charge in [-0.25, -0.2) is 9.78 Å². The molecular weight excluding hydrogens is 212 g/mol. The summed E-state index contributed by atoms with van der Waals surface area (Å²) in [6, 6.07) is 0. The zero-order chi connectivity index (χ0) is 11.4. The highest BCUT2D eigenvalue weighted by molar-refractivity contribution is 7.71. The number of carbonyl (C=O) groups excluding carboxylic acids is 1. The Labute approximate surface area is 93.7 Å². The monoisotopic (exact) mass is 226 g/mol. The molecule has 0 aliphatic heterocycles. The highest BCUT2D eigenvalue weighted by Crippen LogP contribution is 2.09. The predicted molar refractivity (Wildman–Crippen MR) is 59.5 cm³/mol. The number of rotatable bonds is 3. The maximum absolute atomic E-state index is 11.4. The molecule has 0 bridgehead atoms. The highest BCUT2D eigenvalue weighted by atomic mass is 32.1. The van der Waals surface area contributed by atoms with Crippen LogP contribution in [0.1, 0.15) is 35.2 Å². The molecule has 1 aromatic rings. The molecule has 0 unspecified atom stereocenters. The second-order valence-electron chi connectivity index (χ2n) is 3.23. The number of aryl methyl sites for hydroxylation is 2. The number of hydrogen-bond donors (Lipinski definition) is 1. The fraction of sp³-hybridized carbons (Fsp3) is 0.500. The summed E-state index contributed by atoms with van der Waals surface area (Å²) in [7, 11) is 1.33. The fourth-order valence-corrected chi connectivity index (χ4v) is 1.69. The Bertz CT molecular complexity index is 426. The maximum Gasteiger partial charge on any atom is 0.342 e. The topological polar surface area (TPSA) is 55.0 Å². The van der Waals surface area contributed by atoms with E-state index in [0.29, 0.717) is 15.9 Å². The van der Waals surface area contributed by atoms with Crippen molar-refractivity contribution >= 4 is 18.2 Å². The number of aromatic amines is 1. The van der Waals surface area contributed by atoms with Crippen LogP contribution in [0.4, 0.5) is 0 Å². The Morgan fingerprint density at radius 2 is 2.27 bits per heavy atom. The molecule has 1 rings (SSSR count). The van der Waals surface area contributed by atoms with Crippen molar-refractivity contribution < 1.29 is 9.53 Å². The molecule has 0 amide bonds. The Morgan fingerprint density at radius 1 is 1.60 bits per heavy atom. The minimum absolute atomic E-state index is 0.307. The van der Waals surface area contributed by atoms with Crippen molar-refractivity contribution in [1.29, 1.82) is 0 Å². The second-order valence-corrected chi connectivity index (χ2v) is 3.62. The van der Waals surface area contributed by atoms with Crippen molar-refractivity contribution in [2.45, 2.75) is 26.7 Å². The quantitative estimate of drug-likeness (QED) is 0.634. The summed E-state index contributed by atoms with van der Waals surface area (Å²) >= 11 is 5.05. The molecule has 0 spiro atoms. The molecule has 0 saturated carbocycles. The molecule has 0 atom stereocenters. The normalized spacial score (nSPS) is 10.1. The van der Waals surface area contributed by atoms with Crippen LogP contribution in [0.25, 0.3) is 0 Å². The van der Waals surface area contributed by atoms with E-state index in [-0.39, 0.29) is 0 Å². The van der Waals surface area contributed by atoms with E-state index >= 15 is 0 Å². The number of aromatic nitrogens is 2. The molecule has 5 heteroatoms. The number of nitrogens with one attached hydrogen (secondary N) is 1. The van der Waals surface area contributed by atoms with Gasteiger partial charge in [0.25, 0.3) is 0 Å². The smallest absolute Gasteiger partial charge is 0.342 e. The average molecular weight is 226 g/mol. The van der Waals surface area contributed by atoms with Crippen molar-refractivity contribution in [3.8, 4) is 0 Å². The van der Waals surface area contributed by atoms with Gasteiger partial charge in [-0.2, -0.15) is 0 Å². The first-order chi connectivity index (χ1) is 7.10. The lowest BCUT2D eigenvalue weighted by Gasteiger charge is -2.06. The molecule has 82 valence electrons. The lowest BCUT2D eigenvalue weighted by Crippen LogP contribution is -2.10. The lowest BCUT2D eigenvalue weighted by atomic mass is 10.2. The Kier molecular flexibility index (Phi) is 3.96. The van der Waals surface area contributed by atoms with E-state index in [1.165, 1.54) is 7.11 Å². The highest BCUT2D eigenvalue weighted by Gasteiger charge is 2.13. The molecule has 0 radical (unpaired) electrons. The number of ether oxygens (including phenoxy) is 1. The van der Waals surface area contributed by atoms with Gasteiger partial charge in [-0.1, -0.05) is 19.1 Å². The average Bonchev–Trinajstić information content (AvgIpc) is 2.16. The van der Waals surface area contributed by atoms with E-state index in [0.717, 1.165) is 18.7 Å². The van der Waals surface area contributed by atoms with Crippen LogP contribution < -0.4 is 0 Å². The van der Waals surface area contributed by atoms with Gasteiger partial charge in [0.05, 0.1) is 7.11 Å². The molecular formula is C10H14N2O2S. The van der Waals surface area contributed by atoms with E-state index in [1.54, 1.807) is 6.92 Å². The van der Waals surface area contributed by atoms with E-state index < -0.39 is 5.97 Å². The Hall–Kier alpha value is -1.23. The SMILES string of the molecule is CCCc1nc(=S)c(C(=O)OC)c(C)[nH]1. The third-order valence-corrected chi connectivity index (χ3v) is 2.33. The van der Waals surface area contributed by atoms with Crippen molar-refractivity contribution in [1.82, 2.24) is 9.97 Å². The lowest BCUT2D eigenvalue weighted by molar-refractivity contribution is 0.0598. The van der Waals surface area contributed by atoms with Crippen molar-refractivity contribution in [2.75, 3.05) is 7.11 Å². The van der Waals surface area contributed by atoms with Crippen LogP contribution in [0, 0.1) is 11.6 Å². The minimum Gasteiger partial charge on any atom is -0.465 e. The Balaban J connectivity index is 3.21. The number of esters is 1. The fourth-order valence-electron chi connectivity index (χ4n) is 1.34. The van der Waals surface area contributed by atoms with E-state index in [2.05, 4.69) is 21.6 Å². The van der Waals surface area contributed by atoms with Crippen molar-refractivity contribution in [3.05, 3.63) is 21.7 Å². The maximum atomic E-state index is 11.4. The number of H-pyrrole nitrogens is 1. The van der Waals surface area contributed by atoms with Crippen LogP contribution in [-0.4, -0.2) is 23.0 Å². The first kappa shape index (κ1) is 11.8. The summed E-state index contributed by atoms with van der Waals surface area (Å²) in [4.78, 5) is 18.6. The van der Waals surface area contributed by atoms with Gasteiger partial charge in [-0.3, -0.25) is 0 Å². The van der Waals surface area contributed by atoms with Crippen molar-refractivity contribution in [2.24, 2.45) is 0 Å². The Morgan fingerprint density at radius 3 is 2.73 bits per heavy atom. The summed E-state index contributed by atoms with van der Waals surface area (Å²) in [6.45, 7) is 3.85. The molecule has 15 heavy (non-hydrogen) atoms. The second kappa shape index (κ2) is 5.02. The van der Waals surface area contributed by atoms with Gasteiger partial charge in [0, 0.05) is 12.1 Å². The first-order valence-electron chi connectivity index (χ1n) is 4.78. The molecule has 0 aliphatic rings. The summed E-state index contributed by atoms with van der Waals surface area (Å²) in [5.41, 5.74) is 1.07. The van der Waals surface area contributed by atoms with Gasteiger partial charge in [-0.05, 0) is 13.3 Å². The third-order valence-electron chi connectivity index (χ3n) is 2.03. The van der Waals surface area contributed by atoms with Crippen LogP contribution in [0.15, 0.2) is 0 Å². The molecule has 1 aromatic heterocycles. The van der Waals surface area contributed by atoms with Crippen LogP contribution in [0.3, 0.4) is 0 Å². The summed E-state index contributed by atoms with van der Waals surface area (Å²) in [6.07, 6.45) is 1.81. The first-order valence-corrected chi connectivity index (χ1v) is 5.19. The zero-order valence-electron chi connectivity index (χ0n) is 9.09. The number of carbonyl (C=O) groups is 1. The van der Waals surface area contributed by atoms with Gasteiger partial charge < -0.3 is 9.72 Å². The van der Waals surface area contributed by atoms with Gasteiger partial charge in [-0.15, -0.1) is 0 Å². The molecule has 0 aliphatic carbocycles. The van der Waals surface area contributed by atoms with Gasteiger partial charge in [0.2, 0.25) is 0 Å². The van der Waals surface area contributed by atoms with Gasteiger partial charge >= 0.3 is 5.97 Å². The van der Waals surface area contributed by atoms with E-state index in [1.807, 2.05) is 0 Å². The molecule has 0 aromatic carbocycles. The molecule has 0 saturated heterocycles. The summed E-state index contributed by atoms with van der Waals surface area (Å²) in [5.74, 6) is 0.372. The molecule has 1 N–H and O–H groups in total. The van der Waals surface area contributed by atoms with Crippen LogP contribution in [-0.2, 0) is 11.2 Å². The molecule has 0 fully saturated rings. The van der Waals surface area contributed by atoms with Crippen molar-refractivity contribution in [3.63, 3.8) is 0 Å². The van der Waals surface area contributed by atoms with Crippen LogP contribution in [0.5, 0.6) is 0 Å². The van der Waals surface area contributed by atoms with Crippen LogP contribution >= 0.6 is 12.2 Å². The zero-order valence-corrected chi connectivity index (χ0v) is 9.90. The van der Waals surface area contributed by atoms with Gasteiger partial charge in [0.1, 0.15) is 16.0 Å². The largest absolute Gasteiger partial charge is 0.465 e. The van der Waals surface area contributed by atoms with E-state index in [9.17, 15) is 4.79 Å². The summed E-state index contributed by atoms with van der Waals surface area (Å²) < 4.78 is 4.94. The number of hydrogen-bond acceptors (Lipinski definition) is 4. The number of methoxy groups -OCH3 is 1. The molecule has 1 heterocycles. The third kappa shape index (κ3) is 2.62. The minimum atomic E-state index is -0.440. The summed E-state index contributed by atoms with van der Waals surface area (Å²) in [5, 5.41) is 0. The number of nitrogens with zero attached hydrogens (tertiary/aromatic N) is 1. The van der Waals surface area contributed by atoms with E-state index in [4.69, 9.17) is 12.2 Å².